The Morgan fingerprint density at radius 3 is 2.54 bits per heavy atom. The summed E-state index contributed by atoms with van der Waals surface area (Å²) >= 11 is 6.41. The van der Waals surface area contributed by atoms with Crippen molar-refractivity contribution < 1.29 is 9.21 Å². The van der Waals surface area contributed by atoms with Crippen molar-refractivity contribution in [2.24, 2.45) is 0 Å². The van der Waals surface area contributed by atoms with Gasteiger partial charge >= 0.3 is 5.63 Å². The second-order valence-electron chi connectivity index (χ2n) is 6.50. The van der Waals surface area contributed by atoms with E-state index in [1.165, 1.54) is 0 Å². The summed E-state index contributed by atoms with van der Waals surface area (Å²) < 4.78 is 5.38. The van der Waals surface area contributed by atoms with Crippen LogP contribution in [0.15, 0.2) is 82.0 Å². The molecule has 1 N–H and O–H groups in total. The maximum atomic E-state index is 12.4. The first-order valence-electron chi connectivity index (χ1n) is 8.72. The Bertz CT molecular complexity index is 1260. The molecule has 0 saturated heterocycles. The van der Waals surface area contributed by atoms with Crippen molar-refractivity contribution in [3.63, 3.8) is 0 Å². The van der Waals surface area contributed by atoms with Crippen LogP contribution in [0.2, 0.25) is 5.02 Å². The highest BCUT2D eigenvalue weighted by Crippen LogP contribution is 2.30. The minimum absolute atomic E-state index is 0.224. The highest BCUT2D eigenvalue weighted by atomic mass is 35.5. The van der Waals surface area contributed by atoms with Gasteiger partial charge in [-0.15, -0.1) is 0 Å². The molecule has 1 amide bonds. The van der Waals surface area contributed by atoms with Gasteiger partial charge in [-0.1, -0.05) is 53.6 Å². The number of halogens is 1. The molecule has 0 spiro atoms. The van der Waals surface area contributed by atoms with E-state index in [4.69, 9.17) is 16.0 Å². The molecule has 1 heterocycles. The summed E-state index contributed by atoms with van der Waals surface area (Å²) in [6, 6.07) is 21.4. The van der Waals surface area contributed by atoms with Gasteiger partial charge in [-0.25, -0.2) is 4.79 Å². The number of hydrogen-bond donors (Lipinski definition) is 1. The molecule has 138 valence electrons. The lowest BCUT2D eigenvalue weighted by Crippen LogP contribution is -2.12. The predicted molar refractivity (Wildman–Crippen MR) is 112 cm³/mol. The van der Waals surface area contributed by atoms with E-state index in [2.05, 4.69) is 5.32 Å². The van der Waals surface area contributed by atoms with E-state index in [9.17, 15) is 9.59 Å². The largest absolute Gasteiger partial charge is 0.422 e. The zero-order valence-corrected chi connectivity index (χ0v) is 15.8. The van der Waals surface area contributed by atoms with E-state index in [0.717, 1.165) is 10.9 Å². The molecule has 0 fully saturated rings. The maximum Gasteiger partial charge on any atom is 0.344 e. The molecule has 3 aromatic carbocycles. The Morgan fingerprint density at radius 1 is 0.929 bits per heavy atom. The third-order valence-corrected chi connectivity index (χ3v) is 4.75. The molecule has 0 atom stereocenters. The lowest BCUT2D eigenvalue weighted by molar-refractivity contribution is 0.102. The second kappa shape index (κ2) is 7.33. The molecule has 4 aromatic rings. The molecule has 0 unspecified atom stereocenters. The van der Waals surface area contributed by atoms with Crippen LogP contribution >= 0.6 is 11.6 Å². The number of rotatable bonds is 3. The molecular weight excluding hydrogens is 374 g/mol. The van der Waals surface area contributed by atoms with E-state index in [-0.39, 0.29) is 5.91 Å². The molecule has 28 heavy (non-hydrogen) atoms. The molecular formula is C23H16ClNO3. The number of anilines is 1. The van der Waals surface area contributed by atoms with Gasteiger partial charge < -0.3 is 9.73 Å². The lowest BCUT2D eigenvalue weighted by Gasteiger charge is -2.09. The van der Waals surface area contributed by atoms with Crippen molar-refractivity contribution in [3.8, 4) is 11.1 Å². The molecule has 0 aliphatic carbocycles. The average molecular weight is 390 g/mol. The molecule has 5 heteroatoms. The first kappa shape index (κ1) is 18.0. The number of nitrogens with one attached hydrogen (secondary N) is 1. The van der Waals surface area contributed by atoms with Crippen molar-refractivity contribution in [1.29, 1.82) is 0 Å². The maximum absolute atomic E-state index is 12.4. The van der Waals surface area contributed by atoms with Crippen molar-refractivity contribution in [3.05, 3.63) is 99.4 Å². The van der Waals surface area contributed by atoms with Gasteiger partial charge in [-0.05, 0) is 43.3 Å². The Labute approximate surface area is 166 Å². The number of carbonyl (C=O) groups is 1. The number of amides is 1. The van der Waals surface area contributed by atoms with Crippen molar-refractivity contribution >= 4 is 34.2 Å². The van der Waals surface area contributed by atoms with Crippen LogP contribution in [-0.2, 0) is 0 Å². The van der Waals surface area contributed by atoms with Crippen LogP contribution in [-0.4, -0.2) is 5.91 Å². The van der Waals surface area contributed by atoms with Crippen LogP contribution in [0.5, 0.6) is 0 Å². The molecule has 0 radical (unpaired) electrons. The molecule has 4 rings (SSSR count). The fraction of sp³-hybridized carbons (Fsp3) is 0.0435. The van der Waals surface area contributed by atoms with Gasteiger partial charge in [-0.3, -0.25) is 4.79 Å². The number of fused-ring (bicyclic) bond motifs is 1. The van der Waals surface area contributed by atoms with E-state index in [0.29, 0.717) is 33.0 Å². The lowest BCUT2D eigenvalue weighted by atomic mass is 10.1. The summed E-state index contributed by atoms with van der Waals surface area (Å²) in [5, 5.41) is 3.99. The molecule has 0 aliphatic rings. The van der Waals surface area contributed by atoms with Crippen molar-refractivity contribution in [2.45, 2.75) is 6.92 Å². The SMILES string of the molecule is Cc1cccc(C(=O)Nc2ccc(-c3cc4ccccc4oc3=O)c(Cl)c2)c1. The first-order valence-corrected chi connectivity index (χ1v) is 9.10. The number of benzene rings is 3. The first-order chi connectivity index (χ1) is 13.5. The average Bonchev–Trinajstić information content (AvgIpc) is 2.68. The summed E-state index contributed by atoms with van der Waals surface area (Å²) in [5.41, 5.74) is 3.10. The van der Waals surface area contributed by atoms with Crippen LogP contribution in [0.4, 0.5) is 5.69 Å². The highest BCUT2D eigenvalue weighted by molar-refractivity contribution is 6.33. The monoisotopic (exact) mass is 389 g/mol. The van der Waals surface area contributed by atoms with Crippen molar-refractivity contribution in [1.82, 2.24) is 0 Å². The van der Waals surface area contributed by atoms with Gasteiger partial charge in [-0.2, -0.15) is 0 Å². The Kier molecular flexibility index (Phi) is 4.72. The normalized spacial score (nSPS) is 10.8. The van der Waals surface area contributed by atoms with Gasteiger partial charge in [0.15, 0.2) is 0 Å². The van der Waals surface area contributed by atoms with E-state index >= 15 is 0 Å². The Balaban J connectivity index is 1.66. The van der Waals surface area contributed by atoms with Crippen LogP contribution < -0.4 is 10.9 Å². The molecule has 0 aliphatic heterocycles. The number of para-hydroxylation sites is 1. The minimum atomic E-state index is -0.461. The minimum Gasteiger partial charge on any atom is -0.422 e. The zero-order valence-electron chi connectivity index (χ0n) is 15.0. The van der Waals surface area contributed by atoms with Crippen LogP contribution in [0.3, 0.4) is 0 Å². The predicted octanol–water partition coefficient (Wildman–Crippen LogP) is 5.67. The number of aryl methyl sites for hydroxylation is 1. The summed E-state index contributed by atoms with van der Waals surface area (Å²) in [6.07, 6.45) is 0. The van der Waals surface area contributed by atoms with Gasteiger partial charge in [0.25, 0.3) is 5.91 Å². The summed E-state index contributed by atoms with van der Waals surface area (Å²) in [4.78, 5) is 24.8. The summed E-state index contributed by atoms with van der Waals surface area (Å²) in [5.74, 6) is -0.224. The van der Waals surface area contributed by atoms with Gasteiger partial charge in [0.1, 0.15) is 5.58 Å². The molecule has 0 bridgehead atoms. The summed E-state index contributed by atoms with van der Waals surface area (Å²) in [7, 11) is 0. The van der Waals surface area contributed by atoms with Crippen LogP contribution in [0.1, 0.15) is 15.9 Å². The zero-order chi connectivity index (χ0) is 19.7. The molecule has 4 nitrogen and oxygen atoms in total. The number of carbonyl (C=O) groups excluding carboxylic acids is 1. The standard InChI is InChI=1S/C23H16ClNO3/c1-14-5-4-7-16(11-14)22(26)25-17-9-10-18(20(24)13-17)19-12-15-6-2-3-8-21(15)28-23(19)27/h2-13H,1H3,(H,25,26). The fourth-order valence-corrected chi connectivity index (χ4v) is 3.33. The van der Waals surface area contributed by atoms with Crippen LogP contribution in [0.25, 0.3) is 22.1 Å². The quantitative estimate of drug-likeness (QED) is 0.459. The third-order valence-electron chi connectivity index (χ3n) is 4.44. The van der Waals surface area contributed by atoms with E-state index in [1.54, 1.807) is 36.4 Å². The van der Waals surface area contributed by atoms with Crippen LogP contribution in [0, 0.1) is 6.92 Å². The summed E-state index contributed by atoms with van der Waals surface area (Å²) in [6.45, 7) is 1.93. The number of hydrogen-bond acceptors (Lipinski definition) is 3. The van der Waals surface area contributed by atoms with Gasteiger partial charge in [0.2, 0.25) is 0 Å². The Morgan fingerprint density at radius 2 is 1.75 bits per heavy atom. The van der Waals surface area contributed by atoms with E-state index in [1.807, 2.05) is 43.3 Å². The fourth-order valence-electron chi connectivity index (χ4n) is 3.05. The smallest absolute Gasteiger partial charge is 0.344 e. The van der Waals surface area contributed by atoms with Gasteiger partial charge in [0.05, 0.1) is 10.6 Å². The van der Waals surface area contributed by atoms with E-state index < -0.39 is 5.63 Å². The molecule has 0 saturated carbocycles. The highest BCUT2D eigenvalue weighted by Gasteiger charge is 2.13. The third kappa shape index (κ3) is 3.55. The Hall–Kier alpha value is -3.37. The topological polar surface area (TPSA) is 59.3 Å². The molecule has 1 aromatic heterocycles. The van der Waals surface area contributed by atoms with Gasteiger partial charge in [0, 0.05) is 22.2 Å². The van der Waals surface area contributed by atoms with Crippen molar-refractivity contribution in [2.75, 3.05) is 5.32 Å². The second-order valence-corrected chi connectivity index (χ2v) is 6.91.